The molecule has 0 aliphatic carbocycles. The summed E-state index contributed by atoms with van der Waals surface area (Å²) in [6, 6.07) is 3.68. The van der Waals surface area contributed by atoms with Crippen LogP contribution in [0.5, 0.6) is 0 Å². The zero-order valence-corrected chi connectivity index (χ0v) is 15.8. The molecule has 2 aromatic rings. The molecule has 1 fully saturated rings. The van der Waals surface area contributed by atoms with Crippen LogP contribution in [-0.4, -0.2) is 39.4 Å². The van der Waals surface area contributed by atoms with Crippen molar-refractivity contribution in [1.29, 1.82) is 0 Å². The molecular formula is C17H18Cl2N4O3. The first-order chi connectivity index (χ1) is 12.3. The highest BCUT2D eigenvalue weighted by molar-refractivity contribution is 6.35. The molecule has 2 heterocycles. The maximum absolute atomic E-state index is 12.8. The fourth-order valence-electron chi connectivity index (χ4n) is 2.99. The number of benzene rings is 1. The molecule has 2 atom stereocenters. The standard InChI is InChI=1S/C17H18Cl2N4O3/c1-9(15-21-10(2)26-22-15)20-16(24)14-4-3-5-23(14)17(25)11-6-12(18)8-13(19)7-11/h6-9,14H,3-5H2,1-2H3,(H,20,24)/t9-,14-/m0/s1. The Labute approximate surface area is 160 Å². The summed E-state index contributed by atoms with van der Waals surface area (Å²) >= 11 is 12.0. The molecule has 3 rings (SSSR count). The Bertz CT molecular complexity index is 819. The summed E-state index contributed by atoms with van der Waals surface area (Å²) in [4.78, 5) is 31.1. The predicted octanol–water partition coefficient (Wildman–Crippen LogP) is 3.17. The minimum Gasteiger partial charge on any atom is -0.344 e. The van der Waals surface area contributed by atoms with Crippen LogP contribution < -0.4 is 5.32 Å². The van der Waals surface area contributed by atoms with E-state index in [0.29, 0.717) is 40.3 Å². The summed E-state index contributed by atoms with van der Waals surface area (Å²) in [5.74, 6) is 0.305. The Kier molecular flexibility index (Phi) is 5.48. The quantitative estimate of drug-likeness (QED) is 0.856. The van der Waals surface area contributed by atoms with E-state index in [9.17, 15) is 9.59 Å². The highest BCUT2D eigenvalue weighted by Gasteiger charge is 2.35. The van der Waals surface area contributed by atoms with Crippen molar-refractivity contribution in [2.75, 3.05) is 6.54 Å². The highest BCUT2D eigenvalue weighted by Crippen LogP contribution is 2.25. The van der Waals surface area contributed by atoms with E-state index in [4.69, 9.17) is 27.7 Å². The van der Waals surface area contributed by atoms with E-state index < -0.39 is 12.1 Å². The molecule has 26 heavy (non-hydrogen) atoms. The number of hydrogen-bond donors (Lipinski definition) is 1. The number of amides is 2. The molecule has 0 bridgehead atoms. The fraction of sp³-hybridized carbons (Fsp3) is 0.412. The number of nitrogens with one attached hydrogen (secondary N) is 1. The van der Waals surface area contributed by atoms with Crippen molar-refractivity contribution in [1.82, 2.24) is 20.4 Å². The van der Waals surface area contributed by atoms with Gasteiger partial charge >= 0.3 is 0 Å². The lowest BCUT2D eigenvalue weighted by Gasteiger charge is -2.25. The first kappa shape index (κ1) is 18.7. The van der Waals surface area contributed by atoms with Crippen LogP contribution in [-0.2, 0) is 4.79 Å². The molecule has 0 radical (unpaired) electrons. The van der Waals surface area contributed by atoms with Gasteiger partial charge in [0.05, 0.1) is 6.04 Å². The van der Waals surface area contributed by atoms with Gasteiger partial charge in [-0.1, -0.05) is 28.4 Å². The number of rotatable bonds is 4. The summed E-state index contributed by atoms with van der Waals surface area (Å²) in [6.45, 7) is 3.94. The van der Waals surface area contributed by atoms with E-state index in [1.165, 1.54) is 0 Å². The van der Waals surface area contributed by atoms with Crippen LogP contribution in [0.1, 0.15) is 47.9 Å². The Balaban J connectivity index is 1.72. The van der Waals surface area contributed by atoms with Gasteiger partial charge in [0.2, 0.25) is 11.8 Å². The summed E-state index contributed by atoms with van der Waals surface area (Å²) in [5, 5.41) is 7.40. The molecule has 2 amide bonds. The molecule has 0 spiro atoms. The van der Waals surface area contributed by atoms with E-state index in [0.717, 1.165) is 6.42 Å². The Morgan fingerprint density at radius 3 is 2.62 bits per heavy atom. The molecule has 0 saturated carbocycles. The van der Waals surface area contributed by atoms with Gasteiger partial charge in [0.1, 0.15) is 6.04 Å². The lowest BCUT2D eigenvalue weighted by molar-refractivity contribution is -0.125. The summed E-state index contributed by atoms with van der Waals surface area (Å²) in [6.07, 6.45) is 1.33. The van der Waals surface area contributed by atoms with Gasteiger partial charge in [0.25, 0.3) is 5.91 Å². The van der Waals surface area contributed by atoms with E-state index in [1.54, 1.807) is 36.9 Å². The van der Waals surface area contributed by atoms with Gasteiger partial charge < -0.3 is 14.7 Å². The second kappa shape index (κ2) is 7.63. The number of aromatic nitrogens is 2. The number of carbonyl (C=O) groups is 2. The smallest absolute Gasteiger partial charge is 0.254 e. The molecule has 138 valence electrons. The van der Waals surface area contributed by atoms with Gasteiger partial charge in [-0.25, -0.2) is 0 Å². The van der Waals surface area contributed by atoms with Crippen molar-refractivity contribution in [2.45, 2.75) is 38.8 Å². The zero-order valence-electron chi connectivity index (χ0n) is 14.3. The average molecular weight is 397 g/mol. The second-order valence-corrected chi connectivity index (χ2v) is 7.09. The molecule has 1 aromatic heterocycles. The van der Waals surface area contributed by atoms with E-state index in [2.05, 4.69) is 15.5 Å². The summed E-state index contributed by atoms with van der Waals surface area (Å²) in [5.41, 5.74) is 0.365. The second-order valence-electron chi connectivity index (χ2n) is 6.22. The van der Waals surface area contributed by atoms with Gasteiger partial charge in [-0.05, 0) is 38.0 Å². The first-order valence-electron chi connectivity index (χ1n) is 8.23. The third-order valence-corrected chi connectivity index (χ3v) is 4.65. The zero-order chi connectivity index (χ0) is 18.8. The third-order valence-electron chi connectivity index (χ3n) is 4.22. The molecule has 0 unspecified atom stereocenters. The normalized spacial score (nSPS) is 18.0. The van der Waals surface area contributed by atoms with E-state index in [-0.39, 0.29) is 11.8 Å². The first-order valence-corrected chi connectivity index (χ1v) is 8.98. The lowest BCUT2D eigenvalue weighted by atomic mass is 10.1. The highest BCUT2D eigenvalue weighted by atomic mass is 35.5. The molecule has 1 N–H and O–H groups in total. The van der Waals surface area contributed by atoms with Gasteiger partial charge in [0, 0.05) is 29.1 Å². The third kappa shape index (κ3) is 3.99. The maximum Gasteiger partial charge on any atom is 0.254 e. The van der Waals surface area contributed by atoms with Crippen molar-refractivity contribution >= 4 is 35.0 Å². The van der Waals surface area contributed by atoms with Crippen LogP contribution in [0.2, 0.25) is 10.0 Å². The Hall–Kier alpha value is -2.12. The number of halogens is 2. The minimum absolute atomic E-state index is 0.251. The predicted molar refractivity (Wildman–Crippen MR) is 96.1 cm³/mol. The van der Waals surface area contributed by atoms with E-state index >= 15 is 0 Å². The van der Waals surface area contributed by atoms with Gasteiger partial charge in [-0.2, -0.15) is 4.98 Å². The molecule has 1 aliphatic rings. The number of likely N-dealkylation sites (tertiary alicyclic amines) is 1. The average Bonchev–Trinajstić information content (AvgIpc) is 3.22. The number of carbonyl (C=O) groups excluding carboxylic acids is 2. The topological polar surface area (TPSA) is 88.3 Å². The van der Waals surface area contributed by atoms with Crippen LogP contribution in [0.3, 0.4) is 0 Å². The van der Waals surface area contributed by atoms with Crippen molar-refractivity contribution in [3.8, 4) is 0 Å². The molecule has 7 nitrogen and oxygen atoms in total. The number of aryl methyl sites for hydroxylation is 1. The number of hydrogen-bond acceptors (Lipinski definition) is 5. The number of nitrogens with zero attached hydrogens (tertiary/aromatic N) is 3. The van der Waals surface area contributed by atoms with Crippen LogP contribution in [0, 0.1) is 6.92 Å². The van der Waals surface area contributed by atoms with Crippen LogP contribution in [0.25, 0.3) is 0 Å². The maximum atomic E-state index is 12.8. The molecule has 1 aliphatic heterocycles. The van der Waals surface area contributed by atoms with Crippen molar-refractivity contribution in [3.63, 3.8) is 0 Å². The van der Waals surface area contributed by atoms with Crippen molar-refractivity contribution in [3.05, 3.63) is 45.5 Å². The van der Waals surface area contributed by atoms with E-state index in [1.807, 2.05) is 0 Å². The molecule has 1 saturated heterocycles. The summed E-state index contributed by atoms with van der Waals surface area (Å²) < 4.78 is 4.93. The van der Waals surface area contributed by atoms with Crippen LogP contribution in [0.4, 0.5) is 0 Å². The SMILES string of the molecule is Cc1nc([C@H](C)NC(=O)[C@@H]2CCCN2C(=O)c2cc(Cl)cc(Cl)c2)no1. The van der Waals surface area contributed by atoms with Gasteiger partial charge in [-0.3, -0.25) is 9.59 Å². The fourth-order valence-corrected chi connectivity index (χ4v) is 3.52. The van der Waals surface area contributed by atoms with Gasteiger partial charge in [0.15, 0.2) is 5.82 Å². The minimum atomic E-state index is -0.560. The molecule has 9 heteroatoms. The van der Waals surface area contributed by atoms with Crippen LogP contribution >= 0.6 is 23.2 Å². The molecular weight excluding hydrogens is 379 g/mol. The Morgan fingerprint density at radius 1 is 1.31 bits per heavy atom. The molecule has 1 aromatic carbocycles. The van der Waals surface area contributed by atoms with Crippen LogP contribution in [0.15, 0.2) is 22.7 Å². The van der Waals surface area contributed by atoms with Crippen molar-refractivity contribution in [2.24, 2.45) is 0 Å². The Morgan fingerprint density at radius 2 is 2.00 bits per heavy atom. The monoisotopic (exact) mass is 396 g/mol. The largest absolute Gasteiger partial charge is 0.344 e. The van der Waals surface area contributed by atoms with Crippen molar-refractivity contribution < 1.29 is 14.1 Å². The summed E-state index contributed by atoms with van der Waals surface area (Å²) in [7, 11) is 0. The lowest BCUT2D eigenvalue weighted by Crippen LogP contribution is -2.46. The van der Waals surface area contributed by atoms with Gasteiger partial charge in [-0.15, -0.1) is 0 Å².